The summed E-state index contributed by atoms with van der Waals surface area (Å²) in [5.41, 5.74) is 5.92. The van der Waals surface area contributed by atoms with Gasteiger partial charge in [0, 0.05) is 13.1 Å². The topological polar surface area (TPSA) is 51.4 Å². The van der Waals surface area contributed by atoms with Crippen molar-refractivity contribution >= 4 is 22.4 Å². The number of nitrogens with zero attached hydrogens (tertiary/aromatic N) is 2. The Labute approximate surface area is 113 Å². The van der Waals surface area contributed by atoms with Crippen molar-refractivity contribution < 1.29 is 4.74 Å². The molecule has 0 radical (unpaired) electrons. The van der Waals surface area contributed by atoms with Crippen molar-refractivity contribution in [1.82, 2.24) is 4.37 Å². The molecule has 5 heteroatoms. The van der Waals surface area contributed by atoms with Crippen molar-refractivity contribution in [2.24, 2.45) is 5.92 Å². The quantitative estimate of drug-likeness (QED) is 0.826. The van der Waals surface area contributed by atoms with E-state index >= 15 is 0 Å². The van der Waals surface area contributed by atoms with Crippen LogP contribution in [-0.4, -0.2) is 23.6 Å². The smallest absolute Gasteiger partial charge is 0.198 e. The second-order valence-corrected chi connectivity index (χ2v) is 6.01. The highest BCUT2D eigenvalue weighted by atomic mass is 32.1. The summed E-state index contributed by atoms with van der Waals surface area (Å²) in [7, 11) is 0. The molecule has 1 aliphatic carbocycles. The normalized spacial score (nSPS) is 15.1. The molecule has 0 aliphatic heterocycles. The van der Waals surface area contributed by atoms with Crippen molar-refractivity contribution in [3.63, 3.8) is 0 Å². The highest BCUT2D eigenvalue weighted by Crippen LogP contribution is 2.41. The van der Waals surface area contributed by atoms with Crippen LogP contribution in [0.25, 0.3) is 0 Å². The average molecular weight is 269 g/mol. The van der Waals surface area contributed by atoms with Crippen LogP contribution in [-0.2, 0) is 0 Å². The first-order valence-electron chi connectivity index (χ1n) is 6.78. The highest BCUT2D eigenvalue weighted by Gasteiger charge is 2.27. The van der Waals surface area contributed by atoms with E-state index in [2.05, 4.69) is 16.2 Å². The Bertz CT molecular complexity index is 388. The number of aromatic nitrogens is 1. The van der Waals surface area contributed by atoms with Crippen molar-refractivity contribution in [3.05, 3.63) is 0 Å². The third-order valence-corrected chi connectivity index (χ3v) is 3.87. The largest absolute Gasteiger partial charge is 0.484 e. The summed E-state index contributed by atoms with van der Waals surface area (Å²) >= 11 is 1.46. The number of hydrogen-bond acceptors (Lipinski definition) is 5. The van der Waals surface area contributed by atoms with Crippen molar-refractivity contribution in [2.75, 3.05) is 23.7 Å². The second-order valence-electron chi connectivity index (χ2n) is 5.26. The fourth-order valence-electron chi connectivity index (χ4n) is 1.99. The summed E-state index contributed by atoms with van der Waals surface area (Å²) in [6.45, 7) is 8.40. The molecular weight excluding hydrogens is 246 g/mol. The van der Waals surface area contributed by atoms with Gasteiger partial charge in [0.2, 0.25) is 0 Å². The van der Waals surface area contributed by atoms with Crippen LogP contribution in [0.1, 0.15) is 40.0 Å². The minimum atomic E-state index is 0.131. The van der Waals surface area contributed by atoms with E-state index in [9.17, 15) is 0 Å². The maximum absolute atomic E-state index is 5.92. The van der Waals surface area contributed by atoms with Gasteiger partial charge in [0.1, 0.15) is 0 Å². The predicted octanol–water partition coefficient (Wildman–Crippen LogP) is 3.14. The Morgan fingerprint density at radius 2 is 2.22 bits per heavy atom. The first kappa shape index (κ1) is 13.5. The van der Waals surface area contributed by atoms with Gasteiger partial charge in [-0.3, -0.25) is 0 Å². The molecule has 0 amide bonds. The van der Waals surface area contributed by atoms with Gasteiger partial charge in [-0.2, -0.15) is 4.37 Å². The number of rotatable bonds is 7. The molecule has 1 aromatic rings. The fourth-order valence-corrected chi connectivity index (χ4v) is 2.78. The van der Waals surface area contributed by atoms with Gasteiger partial charge in [0.05, 0.1) is 6.10 Å². The van der Waals surface area contributed by atoms with Crippen LogP contribution in [0.2, 0.25) is 0 Å². The molecule has 0 atom stereocenters. The van der Waals surface area contributed by atoms with Crippen LogP contribution in [0.3, 0.4) is 0 Å². The monoisotopic (exact) mass is 269 g/mol. The number of anilines is 2. The minimum Gasteiger partial charge on any atom is -0.484 e. The molecule has 1 fully saturated rings. The van der Waals surface area contributed by atoms with Crippen molar-refractivity contribution in [3.8, 4) is 5.75 Å². The standard InChI is InChI=1S/C13H23N3OS/c1-4-7-16(8-10-5-6-10)13-11(17-9(2)3)12(14)15-18-13/h9-10H,4-8H2,1-3H3,(H2,14,15). The molecular formula is C13H23N3OS. The maximum atomic E-state index is 5.92. The van der Waals surface area contributed by atoms with Gasteiger partial charge < -0.3 is 15.4 Å². The molecule has 0 saturated heterocycles. The lowest BCUT2D eigenvalue weighted by Gasteiger charge is -2.23. The van der Waals surface area contributed by atoms with Crippen LogP contribution in [0.5, 0.6) is 5.75 Å². The predicted molar refractivity (Wildman–Crippen MR) is 77.5 cm³/mol. The molecule has 1 aromatic heterocycles. The molecule has 2 rings (SSSR count). The maximum Gasteiger partial charge on any atom is 0.198 e. The van der Waals surface area contributed by atoms with Crippen LogP contribution < -0.4 is 15.4 Å². The van der Waals surface area contributed by atoms with E-state index in [0.717, 1.165) is 36.2 Å². The number of nitrogens with two attached hydrogens (primary N) is 1. The average Bonchev–Trinajstić information content (AvgIpc) is 3.05. The zero-order chi connectivity index (χ0) is 13.1. The lowest BCUT2D eigenvalue weighted by Crippen LogP contribution is -2.26. The first-order valence-corrected chi connectivity index (χ1v) is 7.55. The van der Waals surface area contributed by atoms with Gasteiger partial charge in [-0.05, 0) is 50.6 Å². The van der Waals surface area contributed by atoms with E-state index in [0.29, 0.717) is 5.82 Å². The molecule has 0 aromatic carbocycles. The Balaban J connectivity index is 2.16. The molecule has 0 unspecified atom stereocenters. The lowest BCUT2D eigenvalue weighted by atomic mass is 10.3. The van der Waals surface area contributed by atoms with E-state index in [-0.39, 0.29) is 6.10 Å². The Morgan fingerprint density at radius 1 is 1.50 bits per heavy atom. The van der Waals surface area contributed by atoms with Crippen LogP contribution in [0, 0.1) is 5.92 Å². The van der Waals surface area contributed by atoms with Gasteiger partial charge in [0.15, 0.2) is 16.6 Å². The van der Waals surface area contributed by atoms with Gasteiger partial charge in [-0.1, -0.05) is 6.92 Å². The Hall–Kier alpha value is -0.970. The van der Waals surface area contributed by atoms with Crippen LogP contribution in [0.4, 0.5) is 10.8 Å². The van der Waals surface area contributed by atoms with E-state index in [1.54, 1.807) is 0 Å². The lowest BCUT2D eigenvalue weighted by molar-refractivity contribution is 0.244. The van der Waals surface area contributed by atoms with Crippen molar-refractivity contribution in [1.29, 1.82) is 0 Å². The molecule has 0 bridgehead atoms. The van der Waals surface area contributed by atoms with Gasteiger partial charge >= 0.3 is 0 Å². The molecule has 1 aliphatic rings. The summed E-state index contributed by atoms with van der Waals surface area (Å²) in [6, 6.07) is 0. The fraction of sp³-hybridized carbons (Fsp3) is 0.769. The van der Waals surface area contributed by atoms with Crippen LogP contribution in [0.15, 0.2) is 0 Å². The number of ether oxygens (including phenoxy) is 1. The first-order chi connectivity index (χ1) is 8.61. The SMILES string of the molecule is CCCN(CC1CC1)c1snc(N)c1OC(C)C. The molecule has 18 heavy (non-hydrogen) atoms. The summed E-state index contributed by atoms with van der Waals surface area (Å²) in [5.74, 6) is 2.16. The Kier molecular flexibility index (Phi) is 4.32. The molecule has 4 nitrogen and oxygen atoms in total. The highest BCUT2D eigenvalue weighted by molar-refractivity contribution is 7.11. The van der Waals surface area contributed by atoms with Gasteiger partial charge in [-0.15, -0.1) is 0 Å². The minimum absolute atomic E-state index is 0.131. The van der Waals surface area contributed by atoms with Crippen LogP contribution >= 0.6 is 11.5 Å². The van der Waals surface area contributed by atoms with E-state index in [1.165, 1.54) is 24.4 Å². The Morgan fingerprint density at radius 3 is 2.78 bits per heavy atom. The summed E-state index contributed by atoms with van der Waals surface area (Å²) in [4.78, 5) is 2.39. The second kappa shape index (κ2) is 5.78. The summed E-state index contributed by atoms with van der Waals surface area (Å²) in [5, 5.41) is 1.11. The third kappa shape index (κ3) is 3.28. The van der Waals surface area contributed by atoms with E-state index in [4.69, 9.17) is 10.5 Å². The zero-order valence-corrected chi connectivity index (χ0v) is 12.3. The van der Waals surface area contributed by atoms with E-state index < -0.39 is 0 Å². The zero-order valence-electron chi connectivity index (χ0n) is 11.5. The molecule has 2 N–H and O–H groups in total. The van der Waals surface area contributed by atoms with Gasteiger partial charge in [0.25, 0.3) is 0 Å². The molecule has 102 valence electrons. The number of nitrogen functional groups attached to an aromatic ring is 1. The summed E-state index contributed by atoms with van der Waals surface area (Å²) in [6.07, 6.45) is 3.97. The number of hydrogen-bond donors (Lipinski definition) is 1. The van der Waals surface area contributed by atoms with Crippen molar-refractivity contribution in [2.45, 2.75) is 46.1 Å². The molecule has 0 spiro atoms. The van der Waals surface area contributed by atoms with E-state index in [1.807, 2.05) is 13.8 Å². The molecule has 1 heterocycles. The summed E-state index contributed by atoms with van der Waals surface area (Å²) < 4.78 is 10.1. The third-order valence-electron chi connectivity index (χ3n) is 2.97. The molecule has 1 saturated carbocycles. The van der Waals surface area contributed by atoms with Gasteiger partial charge in [-0.25, -0.2) is 0 Å².